The number of nitrogens with two attached hydrogens (primary N) is 1. The van der Waals surface area contributed by atoms with Gasteiger partial charge in [0.25, 0.3) is 0 Å². The van der Waals surface area contributed by atoms with Crippen LogP contribution in [0.15, 0.2) is 18.2 Å². The van der Waals surface area contributed by atoms with Crippen LogP contribution < -0.4 is 5.73 Å². The molecule has 0 radical (unpaired) electrons. The van der Waals surface area contributed by atoms with Crippen LogP contribution in [0, 0.1) is 5.82 Å². The second-order valence-corrected chi connectivity index (χ2v) is 4.64. The second kappa shape index (κ2) is 7.59. The number of aromatic carboxylic acids is 1. The third-order valence-corrected chi connectivity index (χ3v) is 2.89. The van der Waals surface area contributed by atoms with E-state index in [-0.39, 0.29) is 24.2 Å². The van der Waals surface area contributed by atoms with Gasteiger partial charge in [0.15, 0.2) is 0 Å². The van der Waals surface area contributed by atoms with Crippen LogP contribution in [0.2, 0.25) is 0 Å². The Morgan fingerprint density at radius 2 is 2.10 bits per heavy atom. The maximum Gasteiger partial charge on any atom is 0.335 e. The molecule has 1 amide bonds. The Morgan fingerprint density at radius 1 is 1.40 bits per heavy atom. The summed E-state index contributed by atoms with van der Waals surface area (Å²) in [6.45, 7) is 2.80. The second-order valence-electron chi connectivity index (χ2n) is 4.64. The summed E-state index contributed by atoms with van der Waals surface area (Å²) in [5.74, 6) is -2.09. The first-order valence-corrected chi connectivity index (χ1v) is 6.46. The van der Waals surface area contributed by atoms with E-state index in [1.807, 2.05) is 6.92 Å². The summed E-state index contributed by atoms with van der Waals surface area (Å²) >= 11 is 0. The molecule has 0 spiro atoms. The number of unbranched alkanes of at least 4 members (excludes halogenated alkanes) is 1. The van der Waals surface area contributed by atoms with Crippen LogP contribution in [0.25, 0.3) is 0 Å². The predicted molar refractivity (Wildman–Crippen MR) is 72.7 cm³/mol. The Morgan fingerprint density at radius 3 is 2.65 bits per heavy atom. The average Bonchev–Trinajstić information content (AvgIpc) is 2.37. The van der Waals surface area contributed by atoms with E-state index in [9.17, 15) is 14.0 Å². The van der Waals surface area contributed by atoms with Gasteiger partial charge in [0.2, 0.25) is 5.91 Å². The van der Waals surface area contributed by atoms with Crippen molar-refractivity contribution >= 4 is 11.9 Å². The van der Waals surface area contributed by atoms with Crippen LogP contribution in [0.5, 0.6) is 0 Å². The number of carbonyl (C=O) groups is 2. The lowest BCUT2D eigenvalue weighted by Crippen LogP contribution is -2.34. The van der Waals surface area contributed by atoms with Gasteiger partial charge in [-0.05, 0) is 31.2 Å². The molecule has 0 atom stereocenters. The third kappa shape index (κ3) is 4.97. The molecule has 1 rings (SSSR count). The molecular weight excluding hydrogens is 263 g/mol. The number of hydrogen-bond donors (Lipinski definition) is 2. The molecular formula is C14H19FN2O3. The maximum absolute atomic E-state index is 13.7. The summed E-state index contributed by atoms with van der Waals surface area (Å²) in [5.41, 5.74) is 5.44. The zero-order valence-corrected chi connectivity index (χ0v) is 11.4. The van der Waals surface area contributed by atoms with Crippen molar-refractivity contribution in [3.63, 3.8) is 0 Å². The summed E-state index contributed by atoms with van der Waals surface area (Å²) in [4.78, 5) is 23.6. The quantitative estimate of drug-likeness (QED) is 0.758. The molecule has 0 bridgehead atoms. The van der Waals surface area contributed by atoms with Gasteiger partial charge in [0, 0.05) is 12.1 Å². The van der Waals surface area contributed by atoms with Gasteiger partial charge < -0.3 is 10.8 Å². The summed E-state index contributed by atoms with van der Waals surface area (Å²) in [7, 11) is 0. The molecule has 0 saturated heterocycles. The standard InChI is InChI=1S/C14H19FN2O3/c1-2-3-6-17(9-13(16)18)8-11-7-10(14(19)20)4-5-12(11)15/h4-5,7H,2-3,6,8-9H2,1H3,(H2,16,18)(H,19,20). The van der Waals surface area contributed by atoms with E-state index in [2.05, 4.69) is 0 Å². The maximum atomic E-state index is 13.7. The Labute approximate surface area is 117 Å². The number of benzene rings is 1. The molecule has 0 aliphatic rings. The minimum atomic E-state index is -1.11. The van der Waals surface area contributed by atoms with Crippen molar-refractivity contribution < 1.29 is 19.1 Å². The van der Waals surface area contributed by atoms with E-state index < -0.39 is 17.7 Å². The number of primary amides is 1. The van der Waals surface area contributed by atoms with E-state index in [1.165, 1.54) is 12.1 Å². The molecule has 0 unspecified atom stereocenters. The number of carboxylic acids is 1. The smallest absolute Gasteiger partial charge is 0.335 e. The van der Waals surface area contributed by atoms with Crippen LogP contribution >= 0.6 is 0 Å². The lowest BCUT2D eigenvalue weighted by molar-refractivity contribution is -0.119. The van der Waals surface area contributed by atoms with E-state index in [0.29, 0.717) is 6.54 Å². The van der Waals surface area contributed by atoms with E-state index in [4.69, 9.17) is 10.8 Å². The Hall–Kier alpha value is -1.95. The monoisotopic (exact) mass is 282 g/mol. The topological polar surface area (TPSA) is 83.6 Å². The van der Waals surface area contributed by atoms with Crippen molar-refractivity contribution in [1.29, 1.82) is 0 Å². The minimum Gasteiger partial charge on any atom is -0.478 e. The number of carboxylic acid groups (broad SMARTS) is 1. The highest BCUT2D eigenvalue weighted by Gasteiger charge is 2.13. The lowest BCUT2D eigenvalue weighted by Gasteiger charge is -2.21. The molecule has 0 saturated carbocycles. The van der Waals surface area contributed by atoms with E-state index >= 15 is 0 Å². The molecule has 0 aliphatic heterocycles. The zero-order valence-electron chi connectivity index (χ0n) is 11.4. The molecule has 0 fully saturated rings. The SMILES string of the molecule is CCCCN(CC(N)=O)Cc1cc(C(=O)O)ccc1F. The molecule has 0 aromatic heterocycles. The molecule has 0 aliphatic carbocycles. The fraction of sp³-hybridized carbons (Fsp3) is 0.429. The summed E-state index contributed by atoms with van der Waals surface area (Å²) in [5, 5.41) is 8.91. The van der Waals surface area contributed by atoms with Crippen molar-refractivity contribution in [2.75, 3.05) is 13.1 Å². The van der Waals surface area contributed by atoms with Gasteiger partial charge in [0.05, 0.1) is 12.1 Å². The predicted octanol–water partition coefficient (Wildman–Crippen LogP) is 1.61. The highest BCUT2D eigenvalue weighted by molar-refractivity contribution is 5.87. The molecule has 20 heavy (non-hydrogen) atoms. The van der Waals surface area contributed by atoms with E-state index in [1.54, 1.807) is 4.90 Å². The number of carbonyl (C=O) groups excluding carboxylic acids is 1. The van der Waals surface area contributed by atoms with Crippen molar-refractivity contribution in [3.05, 3.63) is 35.1 Å². The molecule has 3 N–H and O–H groups in total. The number of nitrogens with zero attached hydrogens (tertiary/aromatic N) is 1. The molecule has 6 heteroatoms. The Bertz CT molecular complexity index is 491. The summed E-state index contributed by atoms with van der Waals surface area (Å²) in [6, 6.07) is 3.63. The first kappa shape index (κ1) is 16.1. The van der Waals surface area contributed by atoms with Crippen molar-refractivity contribution in [1.82, 2.24) is 4.90 Å². The minimum absolute atomic E-state index is 0.0240. The van der Waals surface area contributed by atoms with Crippen LogP contribution in [0.3, 0.4) is 0 Å². The van der Waals surface area contributed by atoms with Crippen LogP contribution in [-0.2, 0) is 11.3 Å². The highest BCUT2D eigenvalue weighted by atomic mass is 19.1. The van der Waals surface area contributed by atoms with Crippen molar-refractivity contribution in [2.45, 2.75) is 26.3 Å². The number of halogens is 1. The van der Waals surface area contributed by atoms with Gasteiger partial charge in [-0.1, -0.05) is 13.3 Å². The normalized spacial score (nSPS) is 10.8. The van der Waals surface area contributed by atoms with Gasteiger partial charge in [-0.2, -0.15) is 0 Å². The fourth-order valence-electron chi connectivity index (χ4n) is 1.89. The van der Waals surface area contributed by atoms with Crippen LogP contribution in [-0.4, -0.2) is 35.0 Å². The average molecular weight is 282 g/mol. The molecule has 5 nitrogen and oxygen atoms in total. The molecule has 110 valence electrons. The molecule has 1 aromatic rings. The van der Waals surface area contributed by atoms with Gasteiger partial charge >= 0.3 is 5.97 Å². The van der Waals surface area contributed by atoms with Gasteiger partial charge in [-0.3, -0.25) is 9.69 Å². The highest BCUT2D eigenvalue weighted by Crippen LogP contribution is 2.14. The number of rotatable bonds is 8. The van der Waals surface area contributed by atoms with Crippen LogP contribution in [0.1, 0.15) is 35.7 Å². The molecule has 1 aromatic carbocycles. The first-order valence-electron chi connectivity index (χ1n) is 6.46. The van der Waals surface area contributed by atoms with Gasteiger partial charge in [-0.25, -0.2) is 9.18 Å². The Kier molecular flexibility index (Phi) is 6.11. The largest absolute Gasteiger partial charge is 0.478 e. The number of amides is 1. The summed E-state index contributed by atoms with van der Waals surface area (Å²) < 4.78 is 13.7. The van der Waals surface area contributed by atoms with Gasteiger partial charge in [0.1, 0.15) is 5.82 Å². The fourth-order valence-corrected chi connectivity index (χ4v) is 1.89. The summed E-state index contributed by atoms with van der Waals surface area (Å²) in [6.07, 6.45) is 1.79. The van der Waals surface area contributed by atoms with Gasteiger partial charge in [-0.15, -0.1) is 0 Å². The zero-order chi connectivity index (χ0) is 15.1. The lowest BCUT2D eigenvalue weighted by atomic mass is 10.1. The Balaban J connectivity index is 2.88. The van der Waals surface area contributed by atoms with Crippen molar-refractivity contribution in [2.24, 2.45) is 5.73 Å². The van der Waals surface area contributed by atoms with Crippen LogP contribution in [0.4, 0.5) is 4.39 Å². The van der Waals surface area contributed by atoms with Crippen molar-refractivity contribution in [3.8, 4) is 0 Å². The number of hydrogen-bond acceptors (Lipinski definition) is 3. The first-order chi connectivity index (χ1) is 9.43. The van der Waals surface area contributed by atoms with E-state index in [0.717, 1.165) is 18.9 Å². The molecule has 0 heterocycles. The third-order valence-electron chi connectivity index (χ3n) is 2.89.